The Bertz CT molecular complexity index is 896. The van der Waals surface area contributed by atoms with Crippen molar-refractivity contribution in [2.75, 3.05) is 17.2 Å². The van der Waals surface area contributed by atoms with E-state index in [1.54, 1.807) is 12.1 Å². The molecule has 7 heteroatoms. The van der Waals surface area contributed by atoms with Gasteiger partial charge in [-0.15, -0.1) is 5.10 Å². The standard InChI is InChI=1S/C19H19N5O2/c1-3-26-17-9-7-15(8-10-17)22-19-23-18(12-20-24-19)21-16-6-4-5-14(11-16)13(2)25/h4-12H,3H2,1-2H3,(H2,21,22,23,24). The molecule has 0 saturated carbocycles. The topological polar surface area (TPSA) is 89.0 Å². The molecule has 2 aromatic carbocycles. The Morgan fingerprint density at radius 1 is 1.08 bits per heavy atom. The lowest BCUT2D eigenvalue weighted by molar-refractivity contribution is 0.101. The summed E-state index contributed by atoms with van der Waals surface area (Å²) >= 11 is 0. The molecule has 0 unspecified atom stereocenters. The number of benzene rings is 2. The Morgan fingerprint density at radius 3 is 2.62 bits per heavy atom. The fourth-order valence-electron chi connectivity index (χ4n) is 2.31. The monoisotopic (exact) mass is 349 g/mol. The highest BCUT2D eigenvalue weighted by molar-refractivity contribution is 5.95. The first kappa shape index (κ1) is 17.3. The average molecular weight is 349 g/mol. The van der Waals surface area contributed by atoms with Gasteiger partial charge in [-0.3, -0.25) is 4.79 Å². The molecule has 0 amide bonds. The zero-order valence-electron chi connectivity index (χ0n) is 14.6. The van der Waals surface area contributed by atoms with Crippen molar-refractivity contribution in [2.24, 2.45) is 0 Å². The fourth-order valence-corrected chi connectivity index (χ4v) is 2.31. The van der Waals surface area contributed by atoms with Crippen LogP contribution in [0.5, 0.6) is 5.75 Å². The van der Waals surface area contributed by atoms with Crippen LogP contribution < -0.4 is 15.4 Å². The van der Waals surface area contributed by atoms with Crippen molar-refractivity contribution in [2.45, 2.75) is 13.8 Å². The lowest BCUT2D eigenvalue weighted by Crippen LogP contribution is -2.03. The summed E-state index contributed by atoms with van der Waals surface area (Å²) in [5.41, 5.74) is 2.21. The molecular formula is C19H19N5O2. The normalized spacial score (nSPS) is 10.2. The molecule has 0 aliphatic carbocycles. The molecule has 3 aromatic rings. The van der Waals surface area contributed by atoms with Gasteiger partial charge in [0.05, 0.1) is 12.8 Å². The molecule has 0 aliphatic rings. The van der Waals surface area contributed by atoms with Crippen molar-refractivity contribution in [3.8, 4) is 5.75 Å². The number of carbonyl (C=O) groups is 1. The number of ether oxygens (including phenoxy) is 1. The Labute approximate surface area is 151 Å². The third-order valence-corrected chi connectivity index (χ3v) is 3.52. The van der Waals surface area contributed by atoms with E-state index >= 15 is 0 Å². The van der Waals surface area contributed by atoms with Crippen molar-refractivity contribution < 1.29 is 9.53 Å². The number of hydrogen-bond acceptors (Lipinski definition) is 7. The van der Waals surface area contributed by atoms with Crippen LogP contribution in [0.4, 0.5) is 23.1 Å². The molecule has 0 bridgehead atoms. The summed E-state index contributed by atoms with van der Waals surface area (Å²) in [4.78, 5) is 15.9. The number of Topliss-reactive ketones (excluding diaryl/α,β-unsaturated/α-hetero) is 1. The molecule has 2 N–H and O–H groups in total. The molecule has 0 saturated heterocycles. The maximum Gasteiger partial charge on any atom is 0.249 e. The zero-order valence-corrected chi connectivity index (χ0v) is 14.6. The lowest BCUT2D eigenvalue weighted by Gasteiger charge is -2.09. The minimum Gasteiger partial charge on any atom is -0.494 e. The predicted octanol–water partition coefficient (Wildman–Crippen LogP) is 3.96. The number of aromatic nitrogens is 3. The first-order chi connectivity index (χ1) is 12.6. The quantitative estimate of drug-likeness (QED) is 0.624. The van der Waals surface area contributed by atoms with Gasteiger partial charge in [-0.05, 0) is 50.2 Å². The van der Waals surface area contributed by atoms with Gasteiger partial charge in [0.25, 0.3) is 0 Å². The number of hydrogen-bond donors (Lipinski definition) is 2. The first-order valence-electron chi connectivity index (χ1n) is 8.21. The van der Waals surface area contributed by atoms with E-state index in [1.165, 1.54) is 13.1 Å². The van der Waals surface area contributed by atoms with Gasteiger partial charge < -0.3 is 15.4 Å². The first-order valence-corrected chi connectivity index (χ1v) is 8.21. The zero-order chi connectivity index (χ0) is 18.4. The van der Waals surface area contributed by atoms with E-state index in [0.29, 0.717) is 23.9 Å². The largest absolute Gasteiger partial charge is 0.494 e. The van der Waals surface area contributed by atoms with Crippen LogP contribution in [0.1, 0.15) is 24.2 Å². The second-order valence-corrected chi connectivity index (χ2v) is 5.51. The summed E-state index contributed by atoms with van der Waals surface area (Å²) in [5.74, 6) is 1.70. The minimum atomic E-state index is 0.00678. The summed E-state index contributed by atoms with van der Waals surface area (Å²) in [7, 11) is 0. The van der Waals surface area contributed by atoms with Gasteiger partial charge in [0, 0.05) is 16.9 Å². The van der Waals surface area contributed by atoms with E-state index in [1.807, 2.05) is 43.3 Å². The Morgan fingerprint density at radius 2 is 1.88 bits per heavy atom. The predicted molar refractivity (Wildman–Crippen MR) is 100 cm³/mol. The van der Waals surface area contributed by atoms with Crippen molar-refractivity contribution in [3.63, 3.8) is 0 Å². The molecule has 3 rings (SSSR count). The van der Waals surface area contributed by atoms with E-state index in [2.05, 4.69) is 25.8 Å². The van der Waals surface area contributed by atoms with Gasteiger partial charge in [-0.25, -0.2) is 0 Å². The van der Waals surface area contributed by atoms with Crippen LogP contribution in [-0.2, 0) is 0 Å². The molecule has 1 heterocycles. The maximum absolute atomic E-state index is 11.5. The van der Waals surface area contributed by atoms with E-state index < -0.39 is 0 Å². The third-order valence-electron chi connectivity index (χ3n) is 3.52. The van der Waals surface area contributed by atoms with Crippen LogP contribution in [-0.4, -0.2) is 27.6 Å². The van der Waals surface area contributed by atoms with E-state index in [0.717, 1.165) is 17.1 Å². The van der Waals surface area contributed by atoms with Gasteiger partial charge in [0.1, 0.15) is 5.75 Å². The van der Waals surface area contributed by atoms with Crippen molar-refractivity contribution in [1.82, 2.24) is 15.2 Å². The Balaban J connectivity index is 1.71. The summed E-state index contributed by atoms with van der Waals surface area (Å²) in [6.07, 6.45) is 1.52. The molecule has 0 aliphatic heterocycles. The van der Waals surface area contributed by atoms with E-state index in [9.17, 15) is 4.79 Å². The van der Waals surface area contributed by atoms with Crippen LogP contribution in [0.15, 0.2) is 54.7 Å². The van der Waals surface area contributed by atoms with Crippen LogP contribution in [0.25, 0.3) is 0 Å². The second kappa shape index (κ2) is 8.06. The highest BCUT2D eigenvalue weighted by atomic mass is 16.5. The molecule has 132 valence electrons. The van der Waals surface area contributed by atoms with Gasteiger partial charge in [0.2, 0.25) is 5.95 Å². The summed E-state index contributed by atoms with van der Waals surface area (Å²) in [6, 6.07) is 14.7. The number of nitrogens with one attached hydrogen (secondary N) is 2. The summed E-state index contributed by atoms with van der Waals surface area (Å²) in [6.45, 7) is 4.10. The van der Waals surface area contributed by atoms with Crippen molar-refractivity contribution in [1.29, 1.82) is 0 Å². The molecule has 0 radical (unpaired) electrons. The van der Waals surface area contributed by atoms with Crippen molar-refractivity contribution >= 4 is 28.9 Å². The highest BCUT2D eigenvalue weighted by Crippen LogP contribution is 2.20. The molecule has 0 fully saturated rings. The van der Waals surface area contributed by atoms with Gasteiger partial charge in [-0.1, -0.05) is 12.1 Å². The highest BCUT2D eigenvalue weighted by Gasteiger charge is 2.04. The smallest absolute Gasteiger partial charge is 0.249 e. The number of anilines is 4. The molecule has 26 heavy (non-hydrogen) atoms. The van der Waals surface area contributed by atoms with Gasteiger partial charge in [-0.2, -0.15) is 10.1 Å². The third kappa shape index (κ3) is 4.54. The summed E-state index contributed by atoms with van der Waals surface area (Å²) < 4.78 is 5.42. The number of nitrogens with zero attached hydrogens (tertiary/aromatic N) is 3. The SMILES string of the molecule is CCOc1ccc(Nc2nncc(Nc3cccc(C(C)=O)c3)n2)cc1. The van der Waals surface area contributed by atoms with Gasteiger partial charge in [0.15, 0.2) is 11.6 Å². The average Bonchev–Trinajstić information content (AvgIpc) is 2.64. The molecule has 0 atom stereocenters. The number of rotatable bonds is 7. The molecule has 7 nitrogen and oxygen atoms in total. The van der Waals surface area contributed by atoms with E-state index in [4.69, 9.17) is 4.74 Å². The van der Waals surface area contributed by atoms with Gasteiger partial charge >= 0.3 is 0 Å². The Hall–Kier alpha value is -3.48. The number of carbonyl (C=O) groups excluding carboxylic acids is 1. The Kier molecular flexibility index (Phi) is 5.38. The second-order valence-electron chi connectivity index (χ2n) is 5.51. The number of ketones is 1. The molecular weight excluding hydrogens is 330 g/mol. The van der Waals surface area contributed by atoms with Crippen LogP contribution in [0.2, 0.25) is 0 Å². The molecule has 0 spiro atoms. The lowest BCUT2D eigenvalue weighted by atomic mass is 10.1. The van der Waals surface area contributed by atoms with Crippen LogP contribution >= 0.6 is 0 Å². The van der Waals surface area contributed by atoms with Crippen LogP contribution in [0.3, 0.4) is 0 Å². The fraction of sp³-hybridized carbons (Fsp3) is 0.158. The summed E-state index contributed by atoms with van der Waals surface area (Å²) in [5, 5.41) is 14.2. The molecule has 1 aromatic heterocycles. The van der Waals surface area contributed by atoms with E-state index in [-0.39, 0.29) is 5.78 Å². The van der Waals surface area contributed by atoms with Crippen LogP contribution in [0, 0.1) is 0 Å². The minimum absolute atomic E-state index is 0.00678. The van der Waals surface area contributed by atoms with Crippen molar-refractivity contribution in [3.05, 3.63) is 60.3 Å². The maximum atomic E-state index is 11.5.